The molecule has 8 nitrogen and oxygen atoms in total. The van der Waals surface area contributed by atoms with Crippen LogP contribution in [0.2, 0.25) is 0 Å². The first-order valence-corrected chi connectivity index (χ1v) is 10.4. The minimum absolute atomic E-state index is 0.0252. The fraction of sp³-hybridized carbons (Fsp3) is 0.611. The molecule has 150 valence electrons. The van der Waals surface area contributed by atoms with Crippen molar-refractivity contribution >= 4 is 15.9 Å². The van der Waals surface area contributed by atoms with Gasteiger partial charge in [-0.3, -0.25) is 4.79 Å². The number of hydrogen-bond donors (Lipinski definition) is 0. The van der Waals surface area contributed by atoms with Crippen molar-refractivity contribution in [3.05, 3.63) is 23.8 Å². The van der Waals surface area contributed by atoms with Crippen LogP contribution in [0, 0.1) is 0 Å². The third-order valence-corrected chi connectivity index (χ3v) is 6.78. The SMILES string of the molecule is COc1ccc(C(=O)N2CCCCC2C2OCCO2)cc1S(=O)(=O)N(C)C. The van der Waals surface area contributed by atoms with Crippen molar-refractivity contribution < 1.29 is 27.4 Å². The van der Waals surface area contributed by atoms with Crippen molar-refractivity contribution in [2.45, 2.75) is 36.5 Å². The molecule has 0 saturated carbocycles. The van der Waals surface area contributed by atoms with Gasteiger partial charge in [-0.15, -0.1) is 0 Å². The smallest absolute Gasteiger partial charge is 0.254 e. The Morgan fingerprint density at radius 2 is 1.93 bits per heavy atom. The summed E-state index contributed by atoms with van der Waals surface area (Å²) in [5.41, 5.74) is 0.307. The quantitative estimate of drug-likeness (QED) is 0.744. The van der Waals surface area contributed by atoms with E-state index in [-0.39, 0.29) is 22.6 Å². The summed E-state index contributed by atoms with van der Waals surface area (Å²) in [5, 5.41) is 0. The average molecular weight is 398 g/mol. The van der Waals surface area contributed by atoms with Gasteiger partial charge in [-0.1, -0.05) is 0 Å². The van der Waals surface area contributed by atoms with Crippen LogP contribution in [0.4, 0.5) is 0 Å². The Labute approximate surface area is 160 Å². The number of likely N-dealkylation sites (tertiary alicyclic amines) is 1. The number of amides is 1. The number of carbonyl (C=O) groups excluding carboxylic acids is 1. The van der Waals surface area contributed by atoms with Gasteiger partial charge < -0.3 is 19.1 Å². The van der Waals surface area contributed by atoms with E-state index in [0.717, 1.165) is 23.6 Å². The largest absolute Gasteiger partial charge is 0.495 e. The fourth-order valence-electron chi connectivity index (χ4n) is 3.47. The molecule has 0 aromatic heterocycles. The highest BCUT2D eigenvalue weighted by Crippen LogP contribution is 2.30. The van der Waals surface area contributed by atoms with Crippen molar-refractivity contribution in [3.8, 4) is 5.75 Å². The molecule has 2 saturated heterocycles. The third kappa shape index (κ3) is 3.96. The van der Waals surface area contributed by atoms with Crippen LogP contribution in [0.25, 0.3) is 0 Å². The Morgan fingerprint density at radius 3 is 2.56 bits per heavy atom. The van der Waals surface area contributed by atoms with Gasteiger partial charge in [0.2, 0.25) is 10.0 Å². The molecule has 2 heterocycles. The zero-order valence-electron chi connectivity index (χ0n) is 15.9. The summed E-state index contributed by atoms with van der Waals surface area (Å²) in [4.78, 5) is 14.9. The maximum Gasteiger partial charge on any atom is 0.254 e. The number of nitrogens with zero attached hydrogens (tertiary/aromatic N) is 2. The standard InChI is InChI=1S/C18H26N2O6S/c1-19(2)27(22,23)16-12-13(7-8-15(16)24-3)17(21)20-9-5-4-6-14(20)18-25-10-11-26-18/h7-8,12,14,18H,4-6,9-11H2,1-3H3. The Bertz CT molecular complexity index is 789. The van der Waals surface area contributed by atoms with E-state index in [4.69, 9.17) is 14.2 Å². The predicted molar refractivity (Wildman–Crippen MR) is 98.2 cm³/mol. The van der Waals surface area contributed by atoms with Crippen LogP contribution < -0.4 is 4.74 Å². The van der Waals surface area contributed by atoms with Crippen molar-refractivity contribution in [3.63, 3.8) is 0 Å². The van der Waals surface area contributed by atoms with Crippen LogP contribution in [-0.2, 0) is 19.5 Å². The van der Waals surface area contributed by atoms with E-state index in [9.17, 15) is 13.2 Å². The number of piperidine rings is 1. The Kier molecular flexibility index (Phi) is 6.05. The topological polar surface area (TPSA) is 85.4 Å². The number of sulfonamides is 1. The monoisotopic (exact) mass is 398 g/mol. The molecule has 2 aliphatic rings. The molecular weight excluding hydrogens is 372 g/mol. The Morgan fingerprint density at radius 1 is 1.22 bits per heavy atom. The van der Waals surface area contributed by atoms with Crippen molar-refractivity contribution in [1.82, 2.24) is 9.21 Å². The van der Waals surface area contributed by atoms with Crippen LogP contribution in [0.3, 0.4) is 0 Å². The minimum atomic E-state index is -3.75. The summed E-state index contributed by atoms with van der Waals surface area (Å²) in [5.74, 6) is -0.0189. The summed E-state index contributed by atoms with van der Waals surface area (Å²) < 4.78 is 42.8. The molecule has 2 aliphatic heterocycles. The third-order valence-electron chi connectivity index (χ3n) is 4.94. The van der Waals surface area contributed by atoms with Gasteiger partial charge in [0.25, 0.3) is 5.91 Å². The van der Waals surface area contributed by atoms with E-state index >= 15 is 0 Å². The Hall–Kier alpha value is -1.68. The Balaban J connectivity index is 1.94. The normalized spacial score (nSPS) is 21.6. The van der Waals surface area contributed by atoms with Crippen LogP contribution in [0.1, 0.15) is 29.6 Å². The van der Waals surface area contributed by atoms with Gasteiger partial charge in [-0.25, -0.2) is 12.7 Å². The van der Waals surface area contributed by atoms with E-state index in [2.05, 4.69) is 0 Å². The van der Waals surface area contributed by atoms with Gasteiger partial charge in [-0.05, 0) is 37.5 Å². The predicted octanol–water partition coefficient (Wildman–Crippen LogP) is 1.31. The van der Waals surface area contributed by atoms with Gasteiger partial charge in [0.05, 0.1) is 26.4 Å². The maximum atomic E-state index is 13.2. The highest BCUT2D eigenvalue weighted by Gasteiger charge is 2.37. The number of methoxy groups -OCH3 is 1. The first kappa shape index (κ1) is 20.1. The highest BCUT2D eigenvalue weighted by atomic mass is 32.2. The van der Waals surface area contributed by atoms with Crippen LogP contribution in [0.5, 0.6) is 5.75 Å². The maximum absolute atomic E-state index is 13.2. The number of benzene rings is 1. The molecule has 0 N–H and O–H groups in total. The second-order valence-corrected chi connectivity index (χ2v) is 8.94. The van der Waals surface area contributed by atoms with Crippen LogP contribution in [0.15, 0.2) is 23.1 Å². The number of hydrogen-bond acceptors (Lipinski definition) is 6. The molecule has 1 aromatic rings. The second-order valence-electron chi connectivity index (χ2n) is 6.82. The lowest BCUT2D eigenvalue weighted by Gasteiger charge is -2.38. The molecule has 0 bridgehead atoms. The molecule has 2 fully saturated rings. The molecule has 0 spiro atoms. The first-order chi connectivity index (χ1) is 12.9. The van der Waals surface area contributed by atoms with E-state index < -0.39 is 16.3 Å². The summed E-state index contributed by atoms with van der Waals surface area (Å²) in [6.45, 7) is 1.64. The average Bonchev–Trinajstić information content (AvgIpc) is 3.21. The fourth-order valence-corrected chi connectivity index (χ4v) is 4.54. The van der Waals surface area contributed by atoms with Crippen molar-refractivity contribution in [2.75, 3.05) is 41.0 Å². The zero-order valence-corrected chi connectivity index (χ0v) is 16.7. The summed E-state index contributed by atoms with van der Waals surface area (Å²) in [7, 11) is 0.543. The molecule has 0 radical (unpaired) electrons. The first-order valence-electron chi connectivity index (χ1n) is 9.01. The van der Waals surface area contributed by atoms with E-state index in [0.29, 0.717) is 25.3 Å². The summed E-state index contributed by atoms with van der Waals surface area (Å²) in [6, 6.07) is 4.34. The van der Waals surface area contributed by atoms with Gasteiger partial charge in [-0.2, -0.15) is 0 Å². The van der Waals surface area contributed by atoms with Gasteiger partial charge in [0.1, 0.15) is 10.6 Å². The second kappa shape index (κ2) is 8.14. The lowest BCUT2D eigenvalue weighted by Crippen LogP contribution is -2.50. The van der Waals surface area contributed by atoms with Crippen molar-refractivity contribution in [1.29, 1.82) is 0 Å². The number of carbonyl (C=O) groups is 1. The minimum Gasteiger partial charge on any atom is -0.495 e. The van der Waals surface area contributed by atoms with Crippen LogP contribution >= 0.6 is 0 Å². The lowest BCUT2D eigenvalue weighted by molar-refractivity contribution is -0.100. The van der Waals surface area contributed by atoms with Gasteiger partial charge >= 0.3 is 0 Å². The number of ether oxygens (including phenoxy) is 3. The molecule has 3 rings (SSSR count). The van der Waals surface area contributed by atoms with E-state index in [1.54, 1.807) is 11.0 Å². The van der Waals surface area contributed by atoms with Gasteiger partial charge in [0, 0.05) is 26.2 Å². The van der Waals surface area contributed by atoms with Crippen LogP contribution in [-0.4, -0.2) is 76.8 Å². The molecule has 1 unspecified atom stereocenters. The van der Waals surface area contributed by atoms with Gasteiger partial charge in [0.15, 0.2) is 6.29 Å². The molecule has 9 heteroatoms. The molecule has 1 aromatic carbocycles. The van der Waals surface area contributed by atoms with E-state index in [1.165, 1.54) is 33.3 Å². The molecule has 27 heavy (non-hydrogen) atoms. The molecule has 0 aliphatic carbocycles. The molecule has 1 atom stereocenters. The summed E-state index contributed by atoms with van der Waals surface area (Å²) >= 11 is 0. The zero-order chi connectivity index (χ0) is 19.6. The number of rotatable bonds is 5. The summed E-state index contributed by atoms with van der Waals surface area (Å²) in [6.07, 6.45) is 2.28. The highest BCUT2D eigenvalue weighted by molar-refractivity contribution is 7.89. The molecular formula is C18H26N2O6S. The molecule has 1 amide bonds. The van der Waals surface area contributed by atoms with Crippen molar-refractivity contribution in [2.24, 2.45) is 0 Å². The lowest BCUT2D eigenvalue weighted by atomic mass is 10.00. The van der Waals surface area contributed by atoms with E-state index in [1.807, 2.05) is 0 Å².